The van der Waals surface area contributed by atoms with Crippen molar-refractivity contribution < 1.29 is 35.1 Å². The zero-order valence-corrected chi connectivity index (χ0v) is 18.6. The fraction of sp³-hybridized carbons (Fsp3) is 0.667. The van der Waals surface area contributed by atoms with Crippen molar-refractivity contribution in [3.05, 3.63) is 17.2 Å². The summed E-state index contributed by atoms with van der Waals surface area (Å²) >= 11 is 0. The second-order valence-electron chi connectivity index (χ2n) is 9.63. The third kappa shape index (κ3) is 6.52. The highest BCUT2D eigenvalue weighted by Crippen LogP contribution is 2.50. The number of unbranched alkanes of at least 4 members (excludes halogenated alkanes) is 4. The zero-order chi connectivity index (χ0) is 23.2. The van der Waals surface area contributed by atoms with Gasteiger partial charge >= 0.3 is 11.9 Å². The van der Waals surface area contributed by atoms with Gasteiger partial charge in [0.15, 0.2) is 11.5 Å². The Morgan fingerprint density at radius 1 is 0.903 bits per heavy atom. The van der Waals surface area contributed by atoms with E-state index in [1.54, 1.807) is 13.8 Å². The molecule has 1 saturated carbocycles. The van der Waals surface area contributed by atoms with Crippen LogP contribution in [0.15, 0.2) is 6.07 Å². The zero-order valence-electron chi connectivity index (χ0n) is 18.6. The molecule has 1 aromatic rings. The number of rotatable bonds is 14. The van der Waals surface area contributed by atoms with Crippen LogP contribution in [-0.2, 0) is 22.4 Å². The van der Waals surface area contributed by atoms with Gasteiger partial charge in [-0.2, -0.15) is 0 Å². The summed E-state index contributed by atoms with van der Waals surface area (Å²) in [6, 6.07) is 1.50. The normalized spacial score (nSPS) is 15.0. The first-order valence-corrected chi connectivity index (χ1v) is 11.2. The lowest BCUT2D eigenvalue weighted by molar-refractivity contribution is -0.147. The Morgan fingerprint density at radius 2 is 1.52 bits per heavy atom. The van der Waals surface area contributed by atoms with E-state index in [0.29, 0.717) is 49.7 Å². The topological polar surface area (TPSA) is 135 Å². The van der Waals surface area contributed by atoms with E-state index in [1.807, 2.05) is 0 Å². The van der Waals surface area contributed by atoms with Gasteiger partial charge in [-0.15, -0.1) is 0 Å². The molecule has 1 aliphatic rings. The maximum absolute atomic E-state index is 11.2. The van der Waals surface area contributed by atoms with Crippen LogP contribution in [-0.4, -0.2) is 37.5 Å². The predicted octanol–water partition coefficient (Wildman–Crippen LogP) is 4.98. The Balaban J connectivity index is 1.79. The number of phenolic OH excluding ortho intramolecular Hbond substituents is 3. The fourth-order valence-corrected chi connectivity index (χ4v) is 4.00. The molecule has 1 fully saturated rings. The molecule has 0 aromatic heterocycles. The van der Waals surface area contributed by atoms with Crippen LogP contribution >= 0.6 is 0 Å². The van der Waals surface area contributed by atoms with Gasteiger partial charge in [0.1, 0.15) is 5.75 Å². The highest BCUT2D eigenvalue weighted by Gasteiger charge is 2.49. The van der Waals surface area contributed by atoms with E-state index in [-0.39, 0.29) is 17.2 Å². The molecule has 0 spiro atoms. The van der Waals surface area contributed by atoms with Gasteiger partial charge in [0.25, 0.3) is 0 Å². The molecule has 5 N–H and O–H groups in total. The van der Waals surface area contributed by atoms with Crippen molar-refractivity contribution in [3.8, 4) is 17.2 Å². The summed E-state index contributed by atoms with van der Waals surface area (Å²) in [5.41, 5.74) is -0.474. The first-order chi connectivity index (χ1) is 14.5. The molecule has 0 unspecified atom stereocenters. The van der Waals surface area contributed by atoms with Crippen molar-refractivity contribution in [2.75, 3.05) is 0 Å². The number of hydrogen-bond acceptors (Lipinski definition) is 5. The minimum absolute atomic E-state index is 0.0403. The van der Waals surface area contributed by atoms with Gasteiger partial charge in [-0.05, 0) is 71.3 Å². The van der Waals surface area contributed by atoms with E-state index >= 15 is 0 Å². The maximum atomic E-state index is 11.2. The first kappa shape index (κ1) is 24.8. The number of hydrogen-bond donors (Lipinski definition) is 5. The van der Waals surface area contributed by atoms with Gasteiger partial charge < -0.3 is 25.5 Å². The molecular weight excluding hydrogens is 400 g/mol. The molecule has 0 amide bonds. The Morgan fingerprint density at radius 3 is 2.10 bits per heavy atom. The van der Waals surface area contributed by atoms with Crippen molar-refractivity contribution in [1.82, 2.24) is 0 Å². The van der Waals surface area contributed by atoms with Gasteiger partial charge in [0.05, 0.1) is 10.8 Å². The number of benzene rings is 1. The highest BCUT2D eigenvalue weighted by molar-refractivity contribution is 5.77. The Labute approximate surface area is 183 Å². The number of carboxylic acid groups (broad SMARTS) is 2. The van der Waals surface area contributed by atoms with Crippen LogP contribution in [0.2, 0.25) is 0 Å². The molecule has 0 radical (unpaired) electrons. The molecule has 31 heavy (non-hydrogen) atoms. The van der Waals surface area contributed by atoms with E-state index in [2.05, 4.69) is 0 Å². The Bertz CT molecular complexity index is 794. The van der Waals surface area contributed by atoms with Crippen LogP contribution in [0.5, 0.6) is 17.2 Å². The second-order valence-corrected chi connectivity index (χ2v) is 9.63. The molecular formula is C24H36O7. The summed E-state index contributed by atoms with van der Waals surface area (Å²) < 4.78 is 0. The lowest BCUT2D eigenvalue weighted by Gasteiger charge is -2.18. The van der Waals surface area contributed by atoms with Crippen LogP contribution in [0.25, 0.3) is 0 Å². The number of aromatic hydroxyl groups is 3. The van der Waals surface area contributed by atoms with Crippen LogP contribution < -0.4 is 0 Å². The summed E-state index contributed by atoms with van der Waals surface area (Å²) in [5.74, 6) is -2.06. The van der Waals surface area contributed by atoms with Crippen molar-refractivity contribution in [2.45, 2.75) is 90.9 Å². The average molecular weight is 437 g/mol. The molecule has 0 heterocycles. The minimum Gasteiger partial charge on any atom is -0.508 e. The molecule has 0 bridgehead atoms. The summed E-state index contributed by atoms with van der Waals surface area (Å²) in [6.45, 7) is 3.40. The standard InChI is InChI=1S/C24H36O7/c1-23(2,21(28)29)11-7-3-5-9-16-15-18(25)17(20(27)19(16)26)10-6-4-8-12-24(13-14-24)22(30)31/h15,25-27H,3-14H2,1-2H3,(H,28,29)(H,30,31). The van der Waals surface area contributed by atoms with Crippen molar-refractivity contribution >= 4 is 11.9 Å². The quantitative estimate of drug-likeness (QED) is 0.158. The molecule has 174 valence electrons. The molecule has 0 atom stereocenters. The van der Waals surface area contributed by atoms with Crippen molar-refractivity contribution in [2.24, 2.45) is 10.8 Å². The number of aliphatic carboxylic acids is 2. The monoisotopic (exact) mass is 436 g/mol. The SMILES string of the molecule is CC(C)(CCCCCc1cc(O)c(CCCCCC2(C(=O)O)CC2)c(O)c1O)C(=O)O. The van der Waals surface area contributed by atoms with E-state index in [4.69, 9.17) is 5.11 Å². The van der Waals surface area contributed by atoms with E-state index < -0.39 is 22.8 Å². The van der Waals surface area contributed by atoms with Gasteiger partial charge in [-0.25, -0.2) is 0 Å². The van der Waals surface area contributed by atoms with E-state index in [1.165, 1.54) is 6.07 Å². The number of carboxylic acids is 2. The molecule has 0 saturated heterocycles. The summed E-state index contributed by atoms with van der Waals surface area (Å²) in [5, 5.41) is 49.3. The fourth-order valence-electron chi connectivity index (χ4n) is 4.00. The third-order valence-electron chi connectivity index (χ3n) is 6.65. The van der Waals surface area contributed by atoms with E-state index in [9.17, 15) is 30.0 Å². The van der Waals surface area contributed by atoms with Crippen molar-refractivity contribution in [3.63, 3.8) is 0 Å². The maximum Gasteiger partial charge on any atom is 0.309 e. The number of phenols is 3. The van der Waals surface area contributed by atoms with Gasteiger partial charge in [-0.1, -0.05) is 25.7 Å². The highest BCUT2D eigenvalue weighted by atomic mass is 16.4. The van der Waals surface area contributed by atoms with Crippen molar-refractivity contribution in [1.29, 1.82) is 0 Å². The summed E-state index contributed by atoms with van der Waals surface area (Å²) in [7, 11) is 0. The molecule has 7 nitrogen and oxygen atoms in total. The first-order valence-electron chi connectivity index (χ1n) is 11.2. The van der Waals surface area contributed by atoms with Crippen LogP contribution in [0.1, 0.15) is 89.2 Å². The Kier molecular flexibility index (Phi) is 8.21. The molecule has 0 aliphatic heterocycles. The second kappa shape index (κ2) is 10.2. The third-order valence-corrected chi connectivity index (χ3v) is 6.65. The largest absolute Gasteiger partial charge is 0.508 e. The lowest BCUT2D eigenvalue weighted by atomic mass is 9.87. The van der Waals surface area contributed by atoms with Crippen LogP contribution in [0.3, 0.4) is 0 Å². The predicted molar refractivity (Wildman–Crippen MR) is 117 cm³/mol. The molecule has 2 rings (SSSR count). The van der Waals surface area contributed by atoms with Crippen LogP contribution in [0, 0.1) is 10.8 Å². The average Bonchev–Trinajstić information content (AvgIpc) is 3.48. The molecule has 1 aliphatic carbocycles. The number of carbonyl (C=O) groups is 2. The van der Waals surface area contributed by atoms with Gasteiger partial charge in [0, 0.05) is 11.1 Å². The van der Waals surface area contributed by atoms with Crippen LogP contribution in [0.4, 0.5) is 0 Å². The summed E-state index contributed by atoms with van der Waals surface area (Å²) in [6.07, 6.45) is 8.14. The number of aryl methyl sites for hydroxylation is 1. The Hall–Kier alpha value is -2.44. The minimum atomic E-state index is -0.815. The van der Waals surface area contributed by atoms with E-state index in [0.717, 1.165) is 38.5 Å². The molecule has 7 heteroatoms. The molecule has 1 aromatic carbocycles. The van der Waals surface area contributed by atoms with Gasteiger partial charge in [-0.3, -0.25) is 9.59 Å². The lowest BCUT2D eigenvalue weighted by Crippen LogP contribution is -2.23. The summed E-state index contributed by atoms with van der Waals surface area (Å²) in [4.78, 5) is 22.3. The van der Waals surface area contributed by atoms with Gasteiger partial charge in [0.2, 0.25) is 0 Å². The smallest absolute Gasteiger partial charge is 0.309 e.